The molecule has 1 aliphatic carbocycles. The Kier molecular flexibility index (Phi) is 6.01. The summed E-state index contributed by atoms with van der Waals surface area (Å²) in [5.41, 5.74) is 6.52. The number of carbonyl (C=O) groups excluding carboxylic acids is 2. The number of rotatable bonds is 5. The number of nitrogens with two attached hydrogens (primary N) is 1. The van der Waals surface area contributed by atoms with Crippen LogP contribution in [0.25, 0.3) is 15.9 Å². The predicted molar refractivity (Wildman–Crippen MR) is 121 cm³/mol. The Balaban J connectivity index is 1.92. The maximum Gasteiger partial charge on any atom is 0.318 e. The van der Waals surface area contributed by atoms with E-state index >= 15 is 0 Å². The molecule has 0 saturated carbocycles. The fraction of sp³-hybridized carbons (Fsp3) is 0.333. The van der Waals surface area contributed by atoms with Crippen LogP contribution in [0.1, 0.15) is 30.2 Å². The van der Waals surface area contributed by atoms with E-state index in [-0.39, 0.29) is 5.56 Å². The number of carbonyl (C=O) groups is 2. The largest absolute Gasteiger partial charge is 0.495 e. The van der Waals surface area contributed by atoms with Crippen molar-refractivity contribution in [1.82, 2.24) is 14.9 Å². The van der Waals surface area contributed by atoms with Crippen LogP contribution in [-0.4, -0.2) is 33.8 Å². The monoisotopic (exact) mass is 458 g/mol. The minimum Gasteiger partial charge on any atom is -0.495 e. The fourth-order valence-corrected chi connectivity index (χ4v) is 5.95. The topological polar surface area (TPSA) is 116 Å². The Morgan fingerprint density at radius 2 is 2.03 bits per heavy atom. The lowest BCUT2D eigenvalue weighted by Gasteiger charge is -2.17. The normalized spacial score (nSPS) is 14.1. The van der Waals surface area contributed by atoms with Gasteiger partial charge in [-0.15, -0.1) is 11.3 Å². The van der Waals surface area contributed by atoms with Crippen LogP contribution in [0.3, 0.4) is 0 Å². The number of benzene rings is 1. The lowest BCUT2D eigenvalue weighted by molar-refractivity contribution is -0.119. The fourth-order valence-electron chi connectivity index (χ4n) is 3.73. The molecule has 0 fully saturated rings. The number of urea groups is 1. The van der Waals surface area contributed by atoms with Crippen LogP contribution in [0.15, 0.2) is 34.2 Å². The van der Waals surface area contributed by atoms with Crippen molar-refractivity contribution < 1.29 is 14.3 Å². The molecule has 31 heavy (non-hydrogen) atoms. The van der Waals surface area contributed by atoms with Gasteiger partial charge in [0.1, 0.15) is 10.6 Å². The molecule has 0 spiro atoms. The van der Waals surface area contributed by atoms with Gasteiger partial charge < -0.3 is 10.5 Å². The number of nitrogens with one attached hydrogen (secondary N) is 1. The van der Waals surface area contributed by atoms with Gasteiger partial charge in [-0.25, -0.2) is 9.78 Å². The number of methoxy groups -OCH3 is 1. The summed E-state index contributed by atoms with van der Waals surface area (Å²) < 4.78 is 6.99. The van der Waals surface area contributed by atoms with Crippen molar-refractivity contribution in [1.29, 1.82) is 0 Å². The Hall–Kier alpha value is -2.85. The third kappa shape index (κ3) is 4.05. The number of primary amides is 1. The van der Waals surface area contributed by atoms with E-state index in [1.807, 2.05) is 12.1 Å². The van der Waals surface area contributed by atoms with Crippen LogP contribution in [0.4, 0.5) is 4.79 Å². The molecule has 0 saturated heterocycles. The summed E-state index contributed by atoms with van der Waals surface area (Å²) in [6, 6.07) is 6.27. The highest BCUT2D eigenvalue weighted by Gasteiger charge is 2.26. The summed E-state index contributed by atoms with van der Waals surface area (Å²) in [6.45, 7) is 1.63. The van der Waals surface area contributed by atoms with E-state index in [0.29, 0.717) is 26.8 Å². The van der Waals surface area contributed by atoms with Gasteiger partial charge in [-0.1, -0.05) is 23.9 Å². The summed E-state index contributed by atoms with van der Waals surface area (Å²) in [6.07, 6.45) is 3.96. The average molecular weight is 459 g/mol. The van der Waals surface area contributed by atoms with Gasteiger partial charge in [0.15, 0.2) is 5.16 Å². The van der Waals surface area contributed by atoms with E-state index in [2.05, 4.69) is 5.32 Å². The van der Waals surface area contributed by atoms with Crippen molar-refractivity contribution in [3.05, 3.63) is 45.1 Å². The highest BCUT2D eigenvalue weighted by molar-refractivity contribution is 8.00. The van der Waals surface area contributed by atoms with E-state index in [9.17, 15) is 14.4 Å². The lowest BCUT2D eigenvalue weighted by Crippen LogP contribution is -2.39. The first-order valence-corrected chi connectivity index (χ1v) is 11.6. The summed E-state index contributed by atoms with van der Waals surface area (Å²) >= 11 is 2.64. The van der Waals surface area contributed by atoms with Crippen LogP contribution in [-0.2, 0) is 17.6 Å². The van der Waals surface area contributed by atoms with Gasteiger partial charge in [-0.3, -0.25) is 19.5 Å². The van der Waals surface area contributed by atoms with Crippen molar-refractivity contribution in [3.63, 3.8) is 0 Å². The molecule has 3 N–H and O–H groups in total. The quantitative estimate of drug-likeness (QED) is 0.448. The third-order valence-electron chi connectivity index (χ3n) is 5.18. The predicted octanol–water partition coefficient (Wildman–Crippen LogP) is 3.01. The van der Waals surface area contributed by atoms with Crippen LogP contribution in [0.5, 0.6) is 5.75 Å². The van der Waals surface area contributed by atoms with Crippen molar-refractivity contribution in [3.8, 4) is 11.4 Å². The first-order valence-electron chi connectivity index (χ1n) is 9.88. The number of thiophene rings is 1. The number of hydrogen-bond donors (Lipinski definition) is 2. The number of hydrogen-bond acceptors (Lipinski definition) is 7. The molecule has 3 amide bonds. The zero-order chi connectivity index (χ0) is 22.1. The summed E-state index contributed by atoms with van der Waals surface area (Å²) in [5, 5.41) is 2.37. The second-order valence-electron chi connectivity index (χ2n) is 7.21. The molecule has 1 aromatic carbocycles. The average Bonchev–Trinajstić information content (AvgIpc) is 3.12. The summed E-state index contributed by atoms with van der Waals surface area (Å²) in [7, 11) is 1.54. The molecular weight excluding hydrogens is 436 g/mol. The number of thioether (sulfide) groups is 1. The number of para-hydroxylation sites is 2. The molecule has 2 aromatic heterocycles. The Morgan fingerprint density at radius 1 is 1.29 bits per heavy atom. The number of amides is 3. The highest BCUT2D eigenvalue weighted by atomic mass is 32.2. The molecule has 10 heteroatoms. The molecule has 0 aliphatic heterocycles. The third-order valence-corrected chi connectivity index (χ3v) is 7.42. The zero-order valence-electron chi connectivity index (χ0n) is 17.1. The van der Waals surface area contributed by atoms with Crippen LogP contribution in [0, 0.1) is 0 Å². The SMILES string of the molecule is COc1ccccc1-n1c(S[C@H](C)C(=O)NC(N)=O)nc2sc3c(c2c1=O)CCCC3. The minimum absolute atomic E-state index is 0.182. The van der Waals surface area contributed by atoms with E-state index in [1.54, 1.807) is 30.4 Å². The lowest BCUT2D eigenvalue weighted by atomic mass is 9.97. The molecule has 1 aliphatic rings. The smallest absolute Gasteiger partial charge is 0.318 e. The van der Waals surface area contributed by atoms with Crippen molar-refractivity contribution in [2.24, 2.45) is 5.73 Å². The van der Waals surface area contributed by atoms with Gasteiger partial charge >= 0.3 is 6.03 Å². The van der Waals surface area contributed by atoms with Crippen LogP contribution >= 0.6 is 23.1 Å². The minimum atomic E-state index is -0.922. The van der Waals surface area contributed by atoms with Crippen molar-refractivity contribution in [2.45, 2.75) is 43.0 Å². The number of nitrogens with zero attached hydrogens (tertiary/aromatic N) is 2. The van der Waals surface area contributed by atoms with Gasteiger partial charge in [0.05, 0.1) is 23.4 Å². The molecule has 0 bridgehead atoms. The number of imide groups is 1. The van der Waals surface area contributed by atoms with E-state index < -0.39 is 17.2 Å². The Labute approximate surface area is 186 Å². The van der Waals surface area contributed by atoms with E-state index in [0.717, 1.165) is 43.0 Å². The molecule has 8 nitrogen and oxygen atoms in total. The van der Waals surface area contributed by atoms with Crippen LogP contribution < -0.4 is 21.3 Å². The van der Waals surface area contributed by atoms with Crippen molar-refractivity contribution in [2.75, 3.05) is 7.11 Å². The summed E-state index contributed by atoms with van der Waals surface area (Å²) in [5.74, 6) is -0.0326. The van der Waals surface area contributed by atoms with Gasteiger partial charge in [-0.05, 0) is 50.3 Å². The molecule has 162 valence electrons. The van der Waals surface area contributed by atoms with E-state index in [4.69, 9.17) is 15.5 Å². The molecule has 3 aromatic rings. The van der Waals surface area contributed by atoms with Crippen LogP contribution in [0.2, 0.25) is 0 Å². The maximum atomic E-state index is 13.8. The number of ether oxygens (including phenoxy) is 1. The summed E-state index contributed by atoms with van der Waals surface area (Å²) in [4.78, 5) is 43.8. The molecule has 4 rings (SSSR count). The van der Waals surface area contributed by atoms with Gasteiger partial charge in [0.25, 0.3) is 5.56 Å². The first kappa shape index (κ1) is 21.4. The first-order chi connectivity index (χ1) is 14.9. The standard InChI is InChI=1S/C21H22N4O4S2/c1-11(17(26)23-20(22)28)30-21-24-18-16(12-7-3-6-10-15(12)31-18)19(27)25(21)13-8-4-5-9-14(13)29-2/h4-5,8-9,11H,3,6-7,10H2,1-2H3,(H3,22,23,26,28)/t11-/m1/s1. The van der Waals surface area contributed by atoms with Gasteiger partial charge in [-0.2, -0.15) is 0 Å². The van der Waals surface area contributed by atoms with E-state index in [1.165, 1.54) is 16.6 Å². The molecule has 0 radical (unpaired) electrons. The number of aryl methyl sites for hydroxylation is 2. The van der Waals surface area contributed by atoms with Gasteiger partial charge in [0, 0.05) is 4.88 Å². The molecule has 2 heterocycles. The number of fused-ring (bicyclic) bond motifs is 3. The second-order valence-corrected chi connectivity index (χ2v) is 9.60. The second kappa shape index (κ2) is 8.72. The van der Waals surface area contributed by atoms with Gasteiger partial charge in [0.2, 0.25) is 5.91 Å². The zero-order valence-corrected chi connectivity index (χ0v) is 18.8. The molecular formula is C21H22N4O4S2. The Bertz CT molecular complexity index is 1230. The van der Waals surface area contributed by atoms with Crippen molar-refractivity contribution >= 4 is 45.3 Å². The molecule has 1 atom stereocenters. The molecule has 0 unspecified atom stereocenters. The Morgan fingerprint density at radius 3 is 2.77 bits per heavy atom. The number of aromatic nitrogens is 2. The maximum absolute atomic E-state index is 13.8. The highest BCUT2D eigenvalue weighted by Crippen LogP contribution is 2.36.